The van der Waals surface area contributed by atoms with Crippen LogP contribution in [0.25, 0.3) is 0 Å². The van der Waals surface area contributed by atoms with E-state index in [2.05, 4.69) is 42.7 Å². The molecule has 0 aliphatic heterocycles. The van der Waals surface area contributed by atoms with Gasteiger partial charge in [-0.05, 0) is 63.2 Å². The van der Waals surface area contributed by atoms with Gasteiger partial charge in [-0.1, -0.05) is 19.1 Å². The smallest absolute Gasteiger partial charge is 0.0859 e. The third-order valence-electron chi connectivity index (χ3n) is 4.96. The number of rotatable bonds is 2. The summed E-state index contributed by atoms with van der Waals surface area (Å²) in [7, 11) is 0. The zero-order chi connectivity index (χ0) is 12.9. The first-order chi connectivity index (χ1) is 8.59. The molecule has 18 heavy (non-hydrogen) atoms. The maximum Gasteiger partial charge on any atom is 0.0859 e. The minimum absolute atomic E-state index is 0.441. The molecule has 3 atom stereocenters. The van der Waals surface area contributed by atoms with Crippen LogP contribution >= 0.6 is 0 Å². The third-order valence-corrected chi connectivity index (χ3v) is 4.96. The zero-order valence-electron chi connectivity index (χ0n) is 12.1. The van der Waals surface area contributed by atoms with Crippen LogP contribution in [-0.2, 0) is 12.8 Å². The first kappa shape index (κ1) is 12.2. The van der Waals surface area contributed by atoms with Crippen molar-refractivity contribution >= 4 is 0 Å². The number of hydrogen-bond acceptors (Lipinski definition) is 2. The number of fused-ring (bicyclic) bond motifs is 2. The van der Waals surface area contributed by atoms with E-state index < -0.39 is 0 Å². The molecule has 1 aromatic rings. The number of nitrogens with zero attached hydrogens (tertiary/aromatic N) is 3. The van der Waals surface area contributed by atoms with Gasteiger partial charge < -0.3 is 0 Å². The number of aromatic nitrogens is 3. The van der Waals surface area contributed by atoms with Gasteiger partial charge in [-0.15, -0.1) is 5.10 Å². The quantitative estimate of drug-likeness (QED) is 0.803. The molecule has 1 heterocycles. The molecule has 2 aliphatic carbocycles. The highest BCUT2D eigenvalue weighted by atomic mass is 15.4. The molecule has 1 saturated carbocycles. The number of aryl methyl sites for hydroxylation is 1. The molecule has 1 aromatic heterocycles. The summed E-state index contributed by atoms with van der Waals surface area (Å²) in [5.74, 6) is 3.79. The molecule has 0 radical (unpaired) electrons. The van der Waals surface area contributed by atoms with Gasteiger partial charge in [-0.3, -0.25) is 0 Å². The average molecular weight is 247 g/mol. The van der Waals surface area contributed by atoms with E-state index in [4.69, 9.17) is 0 Å². The largest absolute Gasteiger partial charge is 0.247 e. The average Bonchev–Trinajstić information content (AvgIpc) is 2.81. The first-order valence-corrected chi connectivity index (χ1v) is 7.52. The minimum atomic E-state index is 0.441. The molecule has 0 spiro atoms. The fraction of sp³-hybridized carbons (Fsp3) is 0.867. The van der Waals surface area contributed by atoms with Gasteiger partial charge in [0.15, 0.2) is 0 Å². The summed E-state index contributed by atoms with van der Waals surface area (Å²) >= 11 is 0. The van der Waals surface area contributed by atoms with Crippen molar-refractivity contribution in [3.05, 3.63) is 11.4 Å². The van der Waals surface area contributed by atoms with Crippen molar-refractivity contribution in [1.29, 1.82) is 0 Å². The molecule has 3 rings (SSSR count). The second-order valence-corrected chi connectivity index (χ2v) is 6.75. The Hall–Kier alpha value is -0.860. The summed E-state index contributed by atoms with van der Waals surface area (Å²) in [5.41, 5.74) is 2.69. The molecule has 100 valence electrons. The van der Waals surface area contributed by atoms with E-state index in [-0.39, 0.29) is 0 Å². The van der Waals surface area contributed by atoms with Crippen LogP contribution in [0.15, 0.2) is 0 Å². The second kappa shape index (κ2) is 4.36. The van der Waals surface area contributed by atoms with Crippen LogP contribution in [0.2, 0.25) is 0 Å². The SMILES string of the molecule is CC(C)[C@@H]1[C@@H]2CCc3c(nnn3C(C)C)CC[C@@H]21. The molecule has 3 heteroatoms. The Bertz CT molecular complexity index is 433. The predicted octanol–water partition coefficient (Wildman–Crippen LogP) is 3.26. The standard InChI is InChI=1S/C15H25N3/c1-9(2)15-11-5-7-13-14(8-6-12(11)15)18(10(3)4)17-16-13/h9-12,15H,5-8H2,1-4H3/t11-,12+,15-/m0/s1. The second-order valence-electron chi connectivity index (χ2n) is 6.75. The van der Waals surface area contributed by atoms with Crippen LogP contribution in [0, 0.1) is 23.7 Å². The van der Waals surface area contributed by atoms with Crippen LogP contribution in [-0.4, -0.2) is 15.0 Å². The van der Waals surface area contributed by atoms with E-state index in [1.807, 2.05) is 0 Å². The highest BCUT2D eigenvalue weighted by Gasteiger charge is 2.50. The molecule has 0 aromatic carbocycles. The maximum absolute atomic E-state index is 4.42. The fourth-order valence-electron chi connectivity index (χ4n) is 4.10. The van der Waals surface area contributed by atoms with E-state index >= 15 is 0 Å². The minimum Gasteiger partial charge on any atom is -0.247 e. The lowest BCUT2D eigenvalue weighted by molar-refractivity contribution is 0.472. The molecule has 0 saturated heterocycles. The normalized spacial score (nSPS) is 30.9. The Morgan fingerprint density at radius 1 is 1.06 bits per heavy atom. The Morgan fingerprint density at radius 2 is 1.72 bits per heavy atom. The van der Waals surface area contributed by atoms with Gasteiger partial charge in [0.2, 0.25) is 0 Å². The summed E-state index contributed by atoms with van der Waals surface area (Å²) in [5, 5.41) is 8.76. The van der Waals surface area contributed by atoms with Gasteiger partial charge >= 0.3 is 0 Å². The highest BCUT2D eigenvalue weighted by molar-refractivity contribution is 5.15. The van der Waals surface area contributed by atoms with Crippen molar-refractivity contribution in [2.45, 2.75) is 59.4 Å². The lowest BCUT2D eigenvalue weighted by atomic mass is 10.0. The maximum atomic E-state index is 4.42. The van der Waals surface area contributed by atoms with Crippen LogP contribution in [0.5, 0.6) is 0 Å². The van der Waals surface area contributed by atoms with Gasteiger partial charge in [-0.25, -0.2) is 4.68 Å². The monoisotopic (exact) mass is 247 g/mol. The summed E-state index contributed by atoms with van der Waals surface area (Å²) in [4.78, 5) is 0. The third kappa shape index (κ3) is 1.88. The van der Waals surface area contributed by atoms with Crippen molar-refractivity contribution < 1.29 is 0 Å². The van der Waals surface area contributed by atoms with Crippen molar-refractivity contribution in [2.24, 2.45) is 23.7 Å². The predicted molar refractivity (Wildman–Crippen MR) is 72.4 cm³/mol. The van der Waals surface area contributed by atoms with Gasteiger partial charge in [-0.2, -0.15) is 0 Å². The van der Waals surface area contributed by atoms with Gasteiger partial charge in [0.1, 0.15) is 0 Å². The Balaban J connectivity index is 1.79. The summed E-state index contributed by atoms with van der Waals surface area (Å²) < 4.78 is 2.14. The summed E-state index contributed by atoms with van der Waals surface area (Å²) in [6.45, 7) is 9.17. The van der Waals surface area contributed by atoms with Crippen LogP contribution in [0.1, 0.15) is 58.0 Å². The van der Waals surface area contributed by atoms with Gasteiger partial charge in [0.25, 0.3) is 0 Å². The lowest BCUT2D eigenvalue weighted by Crippen LogP contribution is -2.10. The van der Waals surface area contributed by atoms with E-state index in [0.717, 1.165) is 30.1 Å². The zero-order valence-corrected chi connectivity index (χ0v) is 12.1. The molecule has 2 aliphatic rings. The Morgan fingerprint density at radius 3 is 2.33 bits per heavy atom. The fourth-order valence-corrected chi connectivity index (χ4v) is 4.10. The van der Waals surface area contributed by atoms with Crippen molar-refractivity contribution in [1.82, 2.24) is 15.0 Å². The van der Waals surface area contributed by atoms with Crippen molar-refractivity contribution in [3.63, 3.8) is 0 Å². The lowest BCUT2D eigenvalue weighted by Gasteiger charge is -2.12. The Kier molecular flexibility index (Phi) is 2.95. The highest BCUT2D eigenvalue weighted by Crippen LogP contribution is 2.56. The van der Waals surface area contributed by atoms with E-state index in [9.17, 15) is 0 Å². The van der Waals surface area contributed by atoms with Crippen molar-refractivity contribution in [2.75, 3.05) is 0 Å². The molecule has 0 amide bonds. The molecule has 0 N–H and O–H groups in total. The van der Waals surface area contributed by atoms with Gasteiger partial charge in [0.05, 0.1) is 11.4 Å². The molecular weight excluding hydrogens is 222 g/mol. The summed E-state index contributed by atoms with van der Waals surface area (Å²) in [6.07, 6.45) is 5.01. The summed E-state index contributed by atoms with van der Waals surface area (Å²) in [6, 6.07) is 0.441. The van der Waals surface area contributed by atoms with E-state index in [1.165, 1.54) is 30.7 Å². The van der Waals surface area contributed by atoms with Crippen molar-refractivity contribution in [3.8, 4) is 0 Å². The van der Waals surface area contributed by atoms with Crippen LogP contribution < -0.4 is 0 Å². The van der Waals surface area contributed by atoms with Crippen LogP contribution in [0.3, 0.4) is 0 Å². The topological polar surface area (TPSA) is 30.7 Å². The number of hydrogen-bond donors (Lipinski definition) is 0. The molecule has 1 fully saturated rings. The van der Waals surface area contributed by atoms with E-state index in [1.54, 1.807) is 0 Å². The Labute approximate surface area is 110 Å². The molecule has 0 bridgehead atoms. The van der Waals surface area contributed by atoms with Gasteiger partial charge in [0, 0.05) is 6.04 Å². The first-order valence-electron chi connectivity index (χ1n) is 7.52. The molecule has 0 unspecified atom stereocenters. The molecule has 3 nitrogen and oxygen atoms in total. The molecular formula is C15H25N3. The van der Waals surface area contributed by atoms with E-state index in [0.29, 0.717) is 6.04 Å². The van der Waals surface area contributed by atoms with Crippen LogP contribution in [0.4, 0.5) is 0 Å².